The number of carbonyl (C=O) groups excluding carboxylic acids is 3. The third-order valence-electron chi connectivity index (χ3n) is 5.42. The molecule has 3 atom stereocenters. The highest BCUT2D eigenvalue weighted by atomic mass is 19.4. The molecule has 3 amide bonds. The van der Waals surface area contributed by atoms with Crippen molar-refractivity contribution in [1.29, 1.82) is 0 Å². The number of nitrogens with zero attached hydrogens (tertiary/aromatic N) is 1. The van der Waals surface area contributed by atoms with Gasteiger partial charge >= 0.3 is 12.3 Å². The highest BCUT2D eigenvalue weighted by molar-refractivity contribution is 5.94. The molecule has 0 radical (unpaired) electrons. The maximum Gasteiger partial charge on any atom is 0.416 e. The molecule has 8 nitrogen and oxygen atoms in total. The molecule has 1 aliphatic rings. The summed E-state index contributed by atoms with van der Waals surface area (Å²) in [6.45, 7) is 1.13. The van der Waals surface area contributed by atoms with Crippen LogP contribution < -0.4 is 10.8 Å². The second-order valence-corrected chi connectivity index (χ2v) is 8.11. The number of hydrogen-bond donors (Lipinski definition) is 2. The number of cyclic esters (lactones) is 1. The maximum atomic E-state index is 13.7. The van der Waals surface area contributed by atoms with E-state index in [1.165, 1.54) is 6.92 Å². The van der Waals surface area contributed by atoms with Crippen molar-refractivity contribution in [3.05, 3.63) is 71.8 Å². The first kappa shape index (κ1) is 26.2. The lowest BCUT2D eigenvalue weighted by Crippen LogP contribution is -2.54. The molecule has 0 aromatic heterocycles. The largest absolute Gasteiger partial charge is 0.447 e. The van der Waals surface area contributed by atoms with E-state index >= 15 is 0 Å². The topological polar surface area (TPSA) is 97.0 Å². The molecule has 1 heterocycles. The summed E-state index contributed by atoms with van der Waals surface area (Å²) in [5.74, 6) is -1.89. The molecule has 0 spiro atoms. The molecule has 2 aromatic rings. The van der Waals surface area contributed by atoms with E-state index in [0.717, 1.165) is 16.0 Å². The summed E-state index contributed by atoms with van der Waals surface area (Å²) in [6, 6.07) is 13.4. The second kappa shape index (κ2) is 11.8. The van der Waals surface area contributed by atoms with Crippen LogP contribution in [0.4, 0.5) is 18.0 Å². The fraction of sp³-hybridized carbons (Fsp3) is 0.375. The Morgan fingerprint density at radius 1 is 1.09 bits per heavy atom. The van der Waals surface area contributed by atoms with Crippen molar-refractivity contribution in [3.8, 4) is 0 Å². The van der Waals surface area contributed by atoms with Gasteiger partial charge in [-0.1, -0.05) is 60.7 Å². The Labute approximate surface area is 200 Å². The van der Waals surface area contributed by atoms with Gasteiger partial charge in [-0.25, -0.2) is 15.2 Å². The fourth-order valence-corrected chi connectivity index (χ4v) is 3.58. The standard InChI is InChI=1S/C24H26F3N3O5/c1-16(22(32)29-35-14-18-10-6-3-7-11-18)28-20(24(25,26)27)13-21(31)30-19(15-34-23(30)33)12-17-8-4-2-5-9-17/h2-11,16,19-20,28H,12-15H2,1H3,(H,29,32)/t16-,19-,20-/m0/s1. The van der Waals surface area contributed by atoms with Gasteiger partial charge in [-0.15, -0.1) is 0 Å². The average molecular weight is 493 g/mol. The Balaban J connectivity index is 1.58. The van der Waals surface area contributed by atoms with Gasteiger partial charge in [0, 0.05) is 0 Å². The summed E-state index contributed by atoms with van der Waals surface area (Å²) in [7, 11) is 0. The third-order valence-corrected chi connectivity index (χ3v) is 5.42. The van der Waals surface area contributed by atoms with Gasteiger partial charge < -0.3 is 4.74 Å². The lowest BCUT2D eigenvalue weighted by atomic mass is 10.0. The van der Waals surface area contributed by atoms with E-state index in [1.807, 2.05) is 0 Å². The molecule has 0 aliphatic carbocycles. The molecular weight excluding hydrogens is 467 g/mol. The number of imide groups is 1. The van der Waals surface area contributed by atoms with Crippen molar-refractivity contribution in [1.82, 2.24) is 15.7 Å². The summed E-state index contributed by atoms with van der Waals surface area (Å²) in [6.07, 6.45) is -6.67. The number of nitrogens with one attached hydrogen (secondary N) is 2. The first-order valence-electron chi connectivity index (χ1n) is 11.0. The highest BCUT2D eigenvalue weighted by Gasteiger charge is 2.46. The predicted molar refractivity (Wildman–Crippen MR) is 119 cm³/mol. The minimum absolute atomic E-state index is 0.0281. The number of ether oxygens (including phenoxy) is 1. The molecule has 35 heavy (non-hydrogen) atoms. The summed E-state index contributed by atoms with van der Waals surface area (Å²) < 4.78 is 46.0. The smallest absolute Gasteiger partial charge is 0.416 e. The van der Waals surface area contributed by atoms with E-state index in [1.54, 1.807) is 60.7 Å². The number of amides is 3. The van der Waals surface area contributed by atoms with Crippen LogP contribution in [0, 0.1) is 0 Å². The van der Waals surface area contributed by atoms with Crippen molar-refractivity contribution in [3.63, 3.8) is 0 Å². The number of halogens is 3. The van der Waals surface area contributed by atoms with E-state index in [0.29, 0.717) is 0 Å². The van der Waals surface area contributed by atoms with Gasteiger partial charge in [0.15, 0.2) is 0 Å². The Morgan fingerprint density at radius 3 is 2.29 bits per heavy atom. The SMILES string of the molecule is C[C@H](N[C@@H](CC(=O)N1C(=O)OC[C@@H]1Cc1ccccc1)C(F)(F)F)C(=O)NOCc1ccccc1. The lowest BCUT2D eigenvalue weighted by molar-refractivity contribution is -0.167. The van der Waals surface area contributed by atoms with Crippen molar-refractivity contribution >= 4 is 17.9 Å². The molecule has 2 N–H and O–H groups in total. The van der Waals surface area contributed by atoms with Crippen LogP contribution in [0.25, 0.3) is 0 Å². The summed E-state index contributed by atoms with van der Waals surface area (Å²) in [4.78, 5) is 42.9. The number of hydrogen-bond acceptors (Lipinski definition) is 6. The van der Waals surface area contributed by atoms with Crippen LogP contribution in [-0.2, 0) is 32.2 Å². The van der Waals surface area contributed by atoms with Crippen molar-refractivity contribution < 1.29 is 37.1 Å². The molecule has 3 rings (SSSR count). The fourth-order valence-electron chi connectivity index (χ4n) is 3.58. The van der Waals surface area contributed by atoms with Gasteiger partial charge in [0.1, 0.15) is 12.6 Å². The molecule has 1 aliphatic heterocycles. The van der Waals surface area contributed by atoms with Gasteiger partial charge in [0.2, 0.25) is 5.91 Å². The van der Waals surface area contributed by atoms with Crippen LogP contribution in [0.15, 0.2) is 60.7 Å². The molecular formula is C24H26F3N3O5. The zero-order valence-corrected chi connectivity index (χ0v) is 19.0. The Morgan fingerprint density at radius 2 is 1.69 bits per heavy atom. The maximum absolute atomic E-state index is 13.7. The zero-order valence-electron chi connectivity index (χ0n) is 19.0. The molecule has 0 bridgehead atoms. The van der Waals surface area contributed by atoms with Crippen LogP contribution in [0.5, 0.6) is 0 Å². The highest BCUT2D eigenvalue weighted by Crippen LogP contribution is 2.26. The molecule has 11 heteroatoms. The number of alkyl halides is 3. The van der Waals surface area contributed by atoms with E-state index in [2.05, 4.69) is 10.8 Å². The summed E-state index contributed by atoms with van der Waals surface area (Å²) >= 11 is 0. The normalized spacial score (nSPS) is 17.5. The van der Waals surface area contributed by atoms with Crippen molar-refractivity contribution in [2.24, 2.45) is 0 Å². The second-order valence-electron chi connectivity index (χ2n) is 8.11. The zero-order chi connectivity index (χ0) is 25.4. The monoisotopic (exact) mass is 493 g/mol. The van der Waals surface area contributed by atoms with Gasteiger partial charge in [-0.3, -0.25) is 19.7 Å². The predicted octanol–water partition coefficient (Wildman–Crippen LogP) is 3.12. The molecule has 1 fully saturated rings. The average Bonchev–Trinajstić information content (AvgIpc) is 3.19. The first-order valence-corrected chi connectivity index (χ1v) is 11.0. The number of benzene rings is 2. The lowest BCUT2D eigenvalue weighted by Gasteiger charge is -2.27. The Bertz CT molecular complexity index is 1000. The van der Waals surface area contributed by atoms with Gasteiger partial charge in [-0.05, 0) is 24.5 Å². The van der Waals surface area contributed by atoms with Crippen molar-refractivity contribution in [2.45, 2.75) is 50.7 Å². The Kier molecular flexibility index (Phi) is 8.83. The molecule has 1 saturated heterocycles. The molecule has 188 valence electrons. The van der Waals surface area contributed by atoms with E-state index in [9.17, 15) is 27.6 Å². The molecule has 0 unspecified atom stereocenters. The number of rotatable bonds is 10. The number of carbonyl (C=O) groups is 3. The first-order chi connectivity index (χ1) is 16.6. The van der Waals surface area contributed by atoms with Gasteiger partial charge in [0.05, 0.1) is 25.1 Å². The summed E-state index contributed by atoms with van der Waals surface area (Å²) in [5.41, 5.74) is 3.66. The van der Waals surface area contributed by atoms with E-state index in [-0.39, 0.29) is 19.6 Å². The Hall–Kier alpha value is -3.44. The van der Waals surface area contributed by atoms with Gasteiger partial charge in [-0.2, -0.15) is 13.2 Å². The van der Waals surface area contributed by atoms with E-state index < -0.39 is 48.6 Å². The minimum atomic E-state index is -4.85. The number of hydroxylamine groups is 1. The van der Waals surface area contributed by atoms with Gasteiger partial charge in [0.25, 0.3) is 5.91 Å². The van der Waals surface area contributed by atoms with Crippen LogP contribution in [-0.4, -0.2) is 53.7 Å². The quantitative estimate of drug-likeness (QED) is 0.494. The van der Waals surface area contributed by atoms with Crippen LogP contribution in [0.2, 0.25) is 0 Å². The minimum Gasteiger partial charge on any atom is -0.447 e. The van der Waals surface area contributed by atoms with Crippen molar-refractivity contribution in [2.75, 3.05) is 6.61 Å². The van der Waals surface area contributed by atoms with E-state index in [4.69, 9.17) is 9.57 Å². The third kappa shape index (κ3) is 7.52. The molecule has 0 saturated carbocycles. The van der Waals surface area contributed by atoms with Crippen LogP contribution >= 0.6 is 0 Å². The summed E-state index contributed by atoms with van der Waals surface area (Å²) in [5, 5.41) is 2.12. The van der Waals surface area contributed by atoms with Crippen LogP contribution in [0.1, 0.15) is 24.5 Å². The van der Waals surface area contributed by atoms with Crippen LogP contribution in [0.3, 0.4) is 0 Å². The molecule has 2 aromatic carbocycles.